The second kappa shape index (κ2) is 5.83. The minimum Gasteiger partial charge on any atom is -0.447 e. The summed E-state index contributed by atoms with van der Waals surface area (Å²) in [5.41, 5.74) is 5.38. The summed E-state index contributed by atoms with van der Waals surface area (Å²) in [6.07, 6.45) is 1.70. The maximum Gasteiger partial charge on any atom is 0.273 e. The van der Waals surface area contributed by atoms with Gasteiger partial charge in [0.1, 0.15) is 5.76 Å². The Morgan fingerprint density at radius 2 is 2.32 bits per heavy atom. The fourth-order valence-electron chi connectivity index (χ4n) is 1.48. The smallest absolute Gasteiger partial charge is 0.273 e. The summed E-state index contributed by atoms with van der Waals surface area (Å²) in [6.45, 7) is 2.36. The van der Waals surface area contributed by atoms with Gasteiger partial charge in [0.15, 0.2) is 0 Å². The zero-order valence-electron chi connectivity index (χ0n) is 10.4. The Morgan fingerprint density at radius 1 is 1.53 bits per heavy atom. The van der Waals surface area contributed by atoms with E-state index in [2.05, 4.69) is 9.71 Å². The molecule has 2 aromatic heterocycles. The van der Waals surface area contributed by atoms with E-state index in [9.17, 15) is 8.42 Å². The molecule has 0 spiro atoms. The molecular weight excluding hydrogens is 286 g/mol. The van der Waals surface area contributed by atoms with Crippen molar-refractivity contribution < 1.29 is 12.8 Å². The van der Waals surface area contributed by atoms with Crippen molar-refractivity contribution >= 4 is 21.4 Å². The van der Waals surface area contributed by atoms with E-state index in [4.69, 9.17) is 10.2 Å². The third-order valence-electron chi connectivity index (χ3n) is 2.56. The van der Waals surface area contributed by atoms with Gasteiger partial charge >= 0.3 is 0 Å². The summed E-state index contributed by atoms with van der Waals surface area (Å²) >= 11 is 1.50. The van der Waals surface area contributed by atoms with Crippen molar-refractivity contribution in [2.24, 2.45) is 5.73 Å². The van der Waals surface area contributed by atoms with Gasteiger partial charge in [0, 0.05) is 24.0 Å². The first kappa shape index (κ1) is 14.2. The molecule has 0 bridgehead atoms. The van der Waals surface area contributed by atoms with Crippen LogP contribution in [0.3, 0.4) is 0 Å². The number of furan rings is 1. The van der Waals surface area contributed by atoms with E-state index in [1.54, 1.807) is 12.3 Å². The normalized spacial score (nSPS) is 13.6. The van der Waals surface area contributed by atoms with Crippen molar-refractivity contribution in [1.82, 2.24) is 9.71 Å². The van der Waals surface area contributed by atoms with Crippen LogP contribution in [0, 0.1) is 0 Å². The predicted molar refractivity (Wildman–Crippen MR) is 72.3 cm³/mol. The van der Waals surface area contributed by atoms with E-state index in [0.29, 0.717) is 5.76 Å². The number of sulfonamides is 1. The molecule has 0 aliphatic heterocycles. The van der Waals surface area contributed by atoms with E-state index in [1.165, 1.54) is 17.4 Å². The zero-order chi connectivity index (χ0) is 13.9. The van der Waals surface area contributed by atoms with Gasteiger partial charge in [0.25, 0.3) is 10.0 Å². The van der Waals surface area contributed by atoms with E-state index in [-0.39, 0.29) is 24.1 Å². The highest BCUT2D eigenvalue weighted by atomic mass is 32.2. The maximum absolute atomic E-state index is 12.0. The number of nitrogens with zero attached hydrogens (tertiary/aromatic N) is 1. The fraction of sp³-hybridized carbons (Fsp3) is 0.364. The van der Waals surface area contributed by atoms with Gasteiger partial charge in [-0.05, 0) is 12.1 Å². The van der Waals surface area contributed by atoms with Crippen LogP contribution in [0.1, 0.15) is 23.6 Å². The molecule has 104 valence electrons. The lowest BCUT2D eigenvalue weighted by atomic mass is 10.2. The summed E-state index contributed by atoms with van der Waals surface area (Å²) in [7, 11) is -3.63. The second-order valence-electron chi connectivity index (χ2n) is 4.05. The molecular formula is C11H15N3O3S2. The average Bonchev–Trinajstić information content (AvgIpc) is 3.06. The van der Waals surface area contributed by atoms with Crippen LogP contribution >= 0.6 is 11.3 Å². The van der Waals surface area contributed by atoms with E-state index in [1.807, 2.05) is 12.3 Å². The summed E-state index contributed by atoms with van der Waals surface area (Å²) in [6, 6.07) is 2.96. The van der Waals surface area contributed by atoms with Crippen LogP contribution in [0.5, 0.6) is 0 Å². The highest BCUT2D eigenvalue weighted by Gasteiger charge is 2.20. The molecule has 3 N–H and O–H groups in total. The third-order valence-corrected chi connectivity index (χ3v) is 4.86. The topological polar surface area (TPSA) is 98.2 Å². The van der Waals surface area contributed by atoms with Crippen LogP contribution in [0.15, 0.2) is 33.2 Å². The number of hydrogen-bond donors (Lipinski definition) is 2. The van der Waals surface area contributed by atoms with Gasteiger partial charge in [0.05, 0.1) is 11.6 Å². The average molecular weight is 301 g/mol. The van der Waals surface area contributed by atoms with Gasteiger partial charge in [-0.2, -0.15) is 0 Å². The van der Waals surface area contributed by atoms with Gasteiger partial charge in [-0.3, -0.25) is 0 Å². The highest BCUT2D eigenvalue weighted by molar-refractivity contribution is 7.89. The second-order valence-corrected chi connectivity index (χ2v) is 6.67. The Balaban J connectivity index is 2.01. The van der Waals surface area contributed by atoms with Gasteiger partial charge in [-0.15, -0.1) is 11.3 Å². The maximum atomic E-state index is 12.0. The molecule has 2 aromatic rings. The Kier molecular flexibility index (Phi) is 4.35. The van der Waals surface area contributed by atoms with Crippen LogP contribution in [0.25, 0.3) is 0 Å². The molecule has 0 aromatic carbocycles. The van der Waals surface area contributed by atoms with Crippen LogP contribution in [-0.2, 0) is 16.6 Å². The quantitative estimate of drug-likeness (QED) is 0.837. The molecule has 2 rings (SSSR count). The largest absolute Gasteiger partial charge is 0.447 e. The molecule has 6 nitrogen and oxygen atoms in total. The van der Waals surface area contributed by atoms with Gasteiger partial charge < -0.3 is 10.2 Å². The van der Waals surface area contributed by atoms with Crippen molar-refractivity contribution in [2.45, 2.75) is 24.5 Å². The molecule has 0 aliphatic carbocycles. The molecule has 0 saturated heterocycles. The van der Waals surface area contributed by atoms with Crippen LogP contribution in [0.4, 0.5) is 0 Å². The Labute approximate surface area is 115 Å². The number of aromatic nitrogens is 1. The standard InChI is InChI=1S/C11H15N3O3S2/c1-8(11-13-4-5-18-11)7-14-19(15,16)10-3-2-9(6-12)17-10/h2-5,8,14H,6-7,12H2,1H3. The molecule has 0 saturated carbocycles. The number of nitrogens with one attached hydrogen (secondary N) is 1. The molecule has 1 unspecified atom stereocenters. The van der Waals surface area contributed by atoms with E-state index in [0.717, 1.165) is 5.01 Å². The first-order valence-electron chi connectivity index (χ1n) is 5.71. The first-order chi connectivity index (χ1) is 9.03. The van der Waals surface area contributed by atoms with Crippen LogP contribution < -0.4 is 10.5 Å². The molecule has 1 atom stereocenters. The Hall–Kier alpha value is -1.22. The van der Waals surface area contributed by atoms with Gasteiger partial charge in [-0.1, -0.05) is 6.92 Å². The molecule has 0 aliphatic rings. The Bertz CT molecular complexity index is 619. The molecule has 0 radical (unpaired) electrons. The Morgan fingerprint density at radius 3 is 2.89 bits per heavy atom. The van der Waals surface area contributed by atoms with Gasteiger partial charge in [-0.25, -0.2) is 18.1 Å². The van der Waals surface area contributed by atoms with E-state index < -0.39 is 10.0 Å². The lowest BCUT2D eigenvalue weighted by molar-refractivity contribution is 0.412. The highest BCUT2D eigenvalue weighted by Crippen LogP contribution is 2.18. The molecule has 19 heavy (non-hydrogen) atoms. The van der Waals surface area contributed by atoms with Crippen molar-refractivity contribution in [3.8, 4) is 0 Å². The minimum atomic E-state index is -3.63. The summed E-state index contributed by atoms with van der Waals surface area (Å²) < 4.78 is 31.6. The van der Waals surface area contributed by atoms with Crippen molar-refractivity contribution in [2.75, 3.05) is 6.54 Å². The summed E-state index contributed by atoms with van der Waals surface area (Å²) in [5.74, 6) is 0.451. The predicted octanol–water partition coefficient (Wildman–Crippen LogP) is 1.28. The number of rotatable bonds is 6. The lowest BCUT2D eigenvalue weighted by Gasteiger charge is -2.09. The molecule has 8 heteroatoms. The SMILES string of the molecule is CC(CNS(=O)(=O)c1ccc(CN)o1)c1nccs1. The summed E-state index contributed by atoms with van der Waals surface area (Å²) in [5, 5.41) is 2.64. The minimum absolute atomic E-state index is 0.0127. The zero-order valence-corrected chi connectivity index (χ0v) is 12.0. The first-order valence-corrected chi connectivity index (χ1v) is 8.07. The van der Waals surface area contributed by atoms with Crippen molar-refractivity contribution in [3.63, 3.8) is 0 Å². The molecule has 2 heterocycles. The van der Waals surface area contributed by atoms with E-state index >= 15 is 0 Å². The fourth-order valence-corrected chi connectivity index (χ4v) is 3.26. The lowest BCUT2D eigenvalue weighted by Crippen LogP contribution is -2.27. The number of thiazole rings is 1. The monoisotopic (exact) mass is 301 g/mol. The van der Waals surface area contributed by atoms with Crippen molar-refractivity contribution in [3.05, 3.63) is 34.5 Å². The molecule has 0 amide bonds. The van der Waals surface area contributed by atoms with Gasteiger partial charge in [0.2, 0.25) is 5.09 Å². The van der Waals surface area contributed by atoms with Crippen molar-refractivity contribution in [1.29, 1.82) is 0 Å². The van der Waals surface area contributed by atoms with Crippen LogP contribution in [0.2, 0.25) is 0 Å². The van der Waals surface area contributed by atoms with Crippen LogP contribution in [-0.4, -0.2) is 19.9 Å². The molecule has 0 fully saturated rings. The number of hydrogen-bond acceptors (Lipinski definition) is 6. The third kappa shape index (κ3) is 3.41. The number of nitrogens with two attached hydrogens (primary N) is 1. The summed E-state index contributed by atoms with van der Waals surface area (Å²) in [4.78, 5) is 4.15.